The van der Waals surface area contributed by atoms with Gasteiger partial charge in [0.05, 0.1) is 11.4 Å². The van der Waals surface area contributed by atoms with E-state index in [0.29, 0.717) is 4.88 Å². The first-order valence-corrected chi connectivity index (χ1v) is 9.97. The van der Waals surface area contributed by atoms with Crippen molar-refractivity contribution in [2.75, 3.05) is 13.1 Å². The number of amides is 2. The molecule has 29 heavy (non-hydrogen) atoms. The highest BCUT2D eigenvalue weighted by Gasteiger charge is 2.30. The average molecular weight is 406 g/mol. The van der Waals surface area contributed by atoms with Crippen molar-refractivity contribution in [3.63, 3.8) is 0 Å². The van der Waals surface area contributed by atoms with E-state index in [-0.39, 0.29) is 19.0 Å². The molecular formula is C22H18N2O4S. The van der Waals surface area contributed by atoms with E-state index in [0.717, 1.165) is 22.3 Å². The summed E-state index contributed by atoms with van der Waals surface area (Å²) in [6.45, 7) is -0.479. The molecule has 2 aromatic carbocycles. The van der Waals surface area contributed by atoms with Crippen LogP contribution >= 0.6 is 11.3 Å². The van der Waals surface area contributed by atoms with E-state index in [1.807, 2.05) is 48.5 Å². The number of carbonyl (C=O) groups is 3. The third-order valence-electron chi connectivity index (χ3n) is 4.61. The van der Waals surface area contributed by atoms with Gasteiger partial charge in [-0.2, -0.15) is 0 Å². The molecule has 0 saturated heterocycles. The van der Waals surface area contributed by atoms with E-state index >= 15 is 0 Å². The first-order valence-electron chi connectivity index (χ1n) is 9.09. The fourth-order valence-corrected chi connectivity index (χ4v) is 3.94. The number of rotatable bonds is 6. The Kier molecular flexibility index (Phi) is 5.39. The number of nitrogens with one attached hydrogen (secondary N) is 2. The van der Waals surface area contributed by atoms with Gasteiger partial charge in [0.15, 0.2) is 6.10 Å². The molecule has 0 saturated carbocycles. The zero-order valence-corrected chi connectivity index (χ0v) is 16.2. The largest absolute Gasteiger partial charge is 0.451 e. The van der Waals surface area contributed by atoms with E-state index in [1.54, 1.807) is 17.5 Å². The minimum absolute atomic E-state index is 0.209. The maximum absolute atomic E-state index is 12.3. The molecule has 0 aliphatic heterocycles. The van der Waals surface area contributed by atoms with Gasteiger partial charge in [0, 0.05) is 11.1 Å². The van der Waals surface area contributed by atoms with Crippen molar-refractivity contribution >= 4 is 29.1 Å². The van der Waals surface area contributed by atoms with Crippen LogP contribution in [0.2, 0.25) is 0 Å². The van der Waals surface area contributed by atoms with Crippen molar-refractivity contribution in [1.82, 2.24) is 10.6 Å². The second-order valence-electron chi connectivity index (χ2n) is 6.48. The van der Waals surface area contributed by atoms with Crippen molar-refractivity contribution in [3.8, 4) is 11.1 Å². The van der Waals surface area contributed by atoms with Crippen molar-refractivity contribution < 1.29 is 19.1 Å². The number of ether oxygens (including phenoxy) is 1. The molecule has 146 valence electrons. The molecular weight excluding hydrogens is 388 g/mol. The molecule has 1 aromatic heterocycles. The number of fused-ring (bicyclic) bond motifs is 3. The van der Waals surface area contributed by atoms with Gasteiger partial charge in [-0.05, 0) is 22.6 Å². The van der Waals surface area contributed by atoms with Gasteiger partial charge in [0.25, 0.3) is 5.91 Å². The number of carbonyl (C=O) groups excluding carboxylic acids is 3. The molecule has 3 aromatic rings. The summed E-state index contributed by atoms with van der Waals surface area (Å²) >= 11 is 1.29. The summed E-state index contributed by atoms with van der Waals surface area (Å²) in [5, 5.41) is 6.78. The average Bonchev–Trinajstić information content (AvgIpc) is 3.39. The predicted molar refractivity (Wildman–Crippen MR) is 109 cm³/mol. The fourth-order valence-electron chi connectivity index (χ4n) is 3.30. The minimum atomic E-state index is -0.542. The van der Waals surface area contributed by atoms with Gasteiger partial charge in [-0.15, -0.1) is 11.3 Å². The minimum Gasteiger partial charge on any atom is -0.451 e. The summed E-state index contributed by atoms with van der Waals surface area (Å²) < 4.78 is 5.66. The van der Waals surface area contributed by atoms with Gasteiger partial charge in [-0.1, -0.05) is 54.6 Å². The van der Waals surface area contributed by atoms with Crippen LogP contribution in [-0.4, -0.2) is 30.9 Å². The predicted octanol–water partition coefficient (Wildman–Crippen LogP) is 2.91. The fraction of sp³-hybridized carbons (Fsp3) is 0.136. The lowest BCUT2D eigenvalue weighted by Crippen LogP contribution is -2.39. The number of hydrogen-bond donors (Lipinski definition) is 2. The Morgan fingerprint density at radius 1 is 0.828 bits per heavy atom. The Bertz CT molecular complexity index is 1020. The second kappa shape index (κ2) is 8.28. The van der Waals surface area contributed by atoms with Gasteiger partial charge < -0.3 is 15.4 Å². The van der Waals surface area contributed by atoms with Crippen LogP contribution in [0.3, 0.4) is 0 Å². The highest BCUT2D eigenvalue weighted by atomic mass is 32.1. The topological polar surface area (TPSA) is 84.5 Å². The molecule has 1 heterocycles. The molecule has 0 atom stereocenters. The highest BCUT2D eigenvalue weighted by Crippen LogP contribution is 2.44. The Hall–Kier alpha value is -3.45. The summed E-state index contributed by atoms with van der Waals surface area (Å²) in [6.07, 6.45) is -0.495. The summed E-state index contributed by atoms with van der Waals surface area (Å²) in [7, 11) is 0. The summed E-state index contributed by atoms with van der Waals surface area (Å²) in [4.78, 5) is 36.6. The van der Waals surface area contributed by atoms with Crippen molar-refractivity contribution in [1.29, 1.82) is 0 Å². The molecule has 1 aliphatic rings. The molecule has 0 fully saturated rings. The van der Waals surface area contributed by atoms with Gasteiger partial charge in [0.2, 0.25) is 5.91 Å². The third kappa shape index (κ3) is 4.05. The molecule has 0 radical (unpaired) electrons. The Labute approximate surface area is 171 Å². The van der Waals surface area contributed by atoms with E-state index in [4.69, 9.17) is 4.74 Å². The van der Waals surface area contributed by atoms with Crippen LogP contribution in [-0.2, 0) is 14.3 Å². The van der Waals surface area contributed by atoms with E-state index < -0.39 is 18.0 Å². The first-order chi connectivity index (χ1) is 14.1. The van der Waals surface area contributed by atoms with Crippen LogP contribution < -0.4 is 10.6 Å². The van der Waals surface area contributed by atoms with E-state index in [2.05, 4.69) is 10.6 Å². The normalized spacial score (nSPS) is 12.0. The lowest BCUT2D eigenvalue weighted by Gasteiger charge is -2.15. The van der Waals surface area contributed by atoms with Crippen molar-refractivity contribution in [3.05, 3.63) is 82.0 Å². The Morgan fingerprint density at radius 2 is 1.48 bits per heavy atom. The number of benzene rings is 2. The third-order valence-corrected chi connectivity index (χ3v) is 5.48. The molecule has 0 spiro atoms. The van der Waals surface area contributed by atoms with Crippen LogP contribution in [0.4, 0.5) is 0 Å². The monoisotopic (exact) mass is 406 g/mol. The lowest BCUT2D eigenvalue weighted by atomic mass is 10.1. The Balaban J connectivity index is 1.32. The molecule has 4 rings (SSSR count). The number of esters is 1. The maximum atomic E-state index is 12.3. The lowest BCUT2D eigenvalue weighted by molar-refractivity contribution is -0.147. The molecule has 0 unspecified atom stereocenters. The first kappa shape index (κ1) is 18.9. The summed E-state index contributed by atoms with van der Waals surface area (Å²) in [5.74, 6) is -1.32. The second-order valence-corrected chi connectivity index (χ2v) is 7.43. The zero-order valence-electron chi connectivity index (χ0n) is 15.4. The molecule has 6 nitrogen and oxygen atoms in total. The molecule has 0 bridgehead atoms. The van der Waals surface area contributed by atoms with Gasteiger partial charge in [0.1, 0.15) is 6.54 Å². The highest BCUT2D eigenvalue weighted by molar-refractivity contribution is 7.12. The van der Waals surface area contributed by atoms with E-state index in [1.165, 1.54) is 11.3 Å². The van der Waals surface area contributed by atoms with Crippen LogP contribution in [0.1, 0.15) is 26.9 Å². The number of thiophene rings is 1. The standard InChI is InChI=1S/C22H18N2O4S/c25-19(12-24-22(27)18-10-5-11-29-18)23-13-20(26)28-21-16-8-3-1-6-14(16)15-7-2-4-9-17(15)21/h1-11,21H,12-13H2,(H,23,25)(H,24,27). The van der Waals surface area contributed by atoms with Gasteiger partial charge in [-0.3, -0.25) is 14.4 Å². The van der Waals surface area contributed by atoms with E-state index in [9.17, 15) is 14.4 Å². The molecule has 2 N–H and O–H groups in total. The molecule has 1 aliphatic carbocycles. The molecule has 2 amide bonds. The van der Waals surface area contributed by atoms with Crippen LogP contribution in [0.25, 0.3) is 11.1 Å². The van der Waals surface area contributed by atoms with Crippen LogP contribution in [0.15, 0.2) is 66.0 Å². The summed E-state index contributed by atoms with van der Waals surface area (Å²) in [6, 6.07) is 19.0. The van der Waals surface area contributed by atoms with Crippen LogP contribution in [0, 0.1) is 0 Å². The SMILES string of the molecule is O=C(CNC(=O)c1cccs1)NCC(=O)OC1c2ccccc2-c2ccccc21. The number of hydrogen-bond acceptors (Lipinski definition) is 5. The molecule has 7 heteroatoms. The Morgan fingerprint density at radius 3 is 2.10 bits per heavy atom. The van der Waals surface area contributed by atoms with Crippen molar-refractivity contribution in [2.24, 2.45) is 0 Å². The smallest absolute Gasteiger partial charge is 0.326 e. The zero-order chi connectivity index (χ0) is 20.2. The van der Waals surface area contributed by atoms with Gasteiger partial charge >= 0.3 is 5.97 Å². The maximum Gasteiger partial charge on any atom is 0.326 e. The van der Waals surface area contributed by atoms with Crippen molar-refractivity contribution in [2.45, 2.75) is 6.10 Å². The van der Waals surface area contributed by atoms with Crippen LogP contribution in [0.5, 0.6) is 0 Å². The summed E-state index contributed by atoms with van der Waals surface area (Å²) in [5.41, 5.74) is 3.94. The van der Waals surface area contributed by atoms with Gasteiger partial charge in [-0.25, -0.2) is 0 Å². The quantitative estimate of drug-likeness (QED) is 0.617.